The predicted octanol–water partition coefficient (Wildman–Crippen LogP) is 9.80. The van der Waals surface area contributed by atoms with Crippen LogP contribution in [0.2, 0.25) is 0 Å². The minimum absolute atomic E-state index is 0.0257. The molecule has 2 aliphatic rings. The van der Waals surface area contributed by atoms with Crippen molar-refractivity contribution in [3.8, 4) is 5.75 Å². The van der Waals surface area contributed by atoms with Gasteiger partial charge in [0, 0.05) is 37.4 Å². The van der Waals surface area contributed by atoms with Crippen molar-refractivity contribution in [2.45, 2.75) is 58.5 Å². The molecule has 0 saturated heterocycles. The highest BCUT2D eigenvalue weighted by Gasteiger charge is 2.38. The molecule has 1 heterocycles. The Bertz CT molecular complexity index is 1890. The highest BCUT2D eigenvalue weighted by atomic mass is 35.5. The third-order valence-corrected chi connectivity index (χ3v) is 10.4. The summed E-state index contributed by atoms with van der Waals surface area (Å²) in [5.74, 6) is 1.46. The van der Waals surface area contributed by atoms with Gasteiger partial charge in [-0.3, -0.25) is 9.69 Å². The molecule has 54 heavy (non-hydrogen) atoms. The number of hydrogen-bond donors (Lipinski definition) is 0. The van der Waals surface area contributed by atoms with Crippen LogP contribution >= 0.6 is 23.2 Å². The standard InChI is InChI=1S/C44H52Cl2FN5O2/c1-6-32(15-18-35(46)30-45)29-42(53)51(28-27-49(3)4)41(25-26-50(5)31-33-16-19-36(47)20-17-33)44-48-40-14-9-8-13-39(40)43(34-11-10-12-34)52(44)37-21-23-38(24-22-37)54-7-2/h6,8-9,13-17,19-24,41H,7,10-12,25-31H2,1-5H3/b32-6+. The fraction of sp³-hybridized carbons (Fsp3) is 0.386. The van der Waals surface area contributed by atoms with E-state index in [9.17, 15) is 9.18 Å². The van der Waals surface area contributed by atoms with Crippen LogP contribution in [-0.2, 0) is 11.3 Å². The zero-order chi connectivity index (χ0) is 38.6. The number of nitrogens with zero attached hydrogens (tertiary/aromatic N) is 5. The number of aliphatic imine (C=N–C) groups is 1. The van der Waals surface area contributed by atoms with Gasteiger partial charge in [-0.05, 0) is 126 Å². The monoisotopic (exact) mass is 771 g/mol. The van der Waals surface area contributed by atoms with E-state index < -0.39 is 6.04 Å². The van der Waals surface area contributed by atoms with Crippen LogP contribution in [0.3, 0.4) is 0 Å². The highest BCUT2D eigenvalue weighted by Crippen LogP contribution is 2.45. The lowest BCUT2D eigenvalue weighted by atomic mass is 9.86. The number of rotatable bonds is 17. The van der Waals surface area contributed by atoms with Crippen LogP contribution in [0, 0.1) is 5.82 Å². The SMILES string of the molecule is C/C=C(\C=C=C(Cl)CCl)CC(=O)N(CCN(C)C)C(CCN(C)Cc1ccc(F)cc1)C1=Nc2ccccc2C(=C2CCC2)N1c1ccc(OCC)cc1. The number of para-hydroxylation sites is 1. The third kappa shape index (κ3) is 10.7. The van der Waals surface area contributed by atoms with Gasteiger partial charge in [0.05, 0.1) is 41.4 Å². The molecular weight excluding hydrogens is 720 g/mol. The topological polar surface area (TPSA) is 51.6 Å². The van der Waals surface area contributed by atoms with Crippen LogP contribution in [0.25, 0.3) is 5.70 Å². The largest absolute Gasteiger partial charge is 0.494 e. The van der Waals surface area contributed by atoms with Crippen LogP contribution in [0.4, 0.5) is 15.8 Å². The Morgan fingerprint density at radius 2 is 1.74 bits per heavy atom. The number of hydrogen-bond acceptors (Lipinski definition) is 6. The number of ether oxygens (including phenoxy) is 1. The molecule has 1 fully saturated rings. The number of benzene rings is 3. The molecule has 10 heteroatoms. The Balaban J connectivity index is 1.65. The Hall–Kier alpha value is -4.17. The molecule has 5 rings (SSSR count). The molecular formula is C44H52Cl2FN5O2. The number of halogens is 3. The lowest BCUT2D eigenvalue weighted by Gasteiger charge is -2.43. The van der Waals surface area contributed by atoms with Crippen molar-refractivity contribution in [3.63, 3.8) is 0 Å². The maximum atomic E-state index is 14.8. The van der Waals surface area contributed by atoms with Gasteiger partial charge >= 0.3 is 0 Å². The van der Waals surface area contributed by atoms with E-state index in [4.69, 9.17) is 32.9 Å². The van der Waals surface area contributed by atoms with Crippen LogP contribution < -0.4 is 9.64 Å². The van der Waals surface area contributed by atoms with Crippen molar-refractivity contribution in [1.82, 2.24) is 14.7 Å². The first-order chi connectivity index (χ1) is 26.1. The number of carbonyl (C=O) groups is 1. The van der Waals surface area contributed by atoms with E-state index in [-0.39, 0.29) is 24.0 Å². The van der Waals surface area contributed by atoms with Gasteiger partial charge in [-0.15, -0.1) is 17.3 Å². The minimum atomic E-state index is -0.409. The van der Waals surface area contributed by atoms with E-state index in [0.717, 1.165) is 64.6 Å². The summed E-state index contributed by atoms with van der Waals surface area (Å²) in [7, 11) is 6.10. The second-order valence-corrected chi connectivity index (χ2v) is 14.7. The molecule has 286 valence electrons. The van der Waals surface area contributed by atoms with Crippen molar-refractivity contribution in [2.24, 2.45) is 4.99 Å². The molecule has 0 N–H and O–H groups in total. The molecule has 1 unspecified atom stereocenters. The summed E-state index contributed by atoms with van der Waals surface area (Å²) < 4.78 is 19.6. The number of amidine groups is 1. The van der Waals surface area contributed by atoms with Gasteiger partial charge in [0.15, 0.2) is 0 Å². The van der Waals surface area contributed by atoms with Crippen LogP contribution in [0.1, 0.15) is 57.1 Å². The van der Waals surface area contributed by atoms with E-state index >= 15 is 0 Å². The normalized spacial score (nSPS) is 14.7. The highest BCUT2D eigenvalue weighted by molar-refractivity contribution is 6.35. The quantitative estimate of drug-likeness (QED) is 0.0778. The van der Waals surface area contributed by atoms with Crippen molar-refractivity contribution in [3.05, 3.63) is 124 Å². The Labute approximate surface area is 330 Å². The van der Waals surface area contributed by atoms with Crippen molar-refractivity contribution in [1.29, 1.82) is 0 Å². The van der Waals surface area contributed by atoms with E-state index in [1.54, 1.807) is 6.08 Å². The lowest BCUT2D eigenvalue weighted by Crippen LogP contribution is -2.54. The van der Waals surface area contributed by atoms with E-state index in [1.807, 2.05) is 69.3 Å². The van der Waals surface area contributed by atoms with Gasteiger partial charge in [0.2, 0.25) is 5.91 Å². The Morgan fingerprint density at radius 3 is 2.37 bits per heavy atom. The summed E-state index contributed by atoms with van der Waals surface area (Å²) >= 11 is 12.1. The van der Waals surface area contributed by atoms with Crippen molar-refractivity contribution < 1.29 is 13.9 Å². The molecule has 0 bridgehead atoms. The molecule has 0 spiro atoms. The number of likely N-dealkylation sites (N-methyl/N-ethyl adjacent to an activating group) is 1. The molecule has 1 amide bonds. The third-order valence-electron chi connectivity index (χ3n) is 9.74. The van der Waals surface area contributed by atoms with Crippen LogP contribution in [-0.4, -0.2) is 85.7 Å². The molecule has 1 aliphatic heterocycles. The van der Waals surface area contributed by atoms with Crippen LogP contribution in [0.15, 0.2) is 112 Å². The van der Waals surface area contributed by atoms with Crippen molar-refractivity contribution >= 4 is 52.0 Å². The number of fused-ring (bicyclic) bond motifs is 1. The number of allylic oxidation sites excluding steroid dienone is 3. The zero-order valence-electron chi connectivity index (χ0n) is 32.1. The predicted molar refractivity (Wildman–Crippen MR) is 222 cm³/mol. The fourth-order valence-electron chi connectivity index (χ4n) is 6.69. The summed E-state index contributed by atoms with van der Waals surface area (Å²) in [6, 6.07) is 22.7. The maximum Gasteiger partial charge on any atom is 0.227 e. The zero-order valence-corrected chi connectivity index (χ0v) is 33.6. The Morgan fingerprint density at radius 1 is 1.02 bits per heavy atom. The van der Waals surface area contributed by atoms with E-state index in [1.165, 1.54) is 17.7 Å². The number of carbonyl (C=O) groups excluding carboxylic acids is 1. The lowest BCUT2D eigenvalue weighted by molar-refractivity contribution is -0.131. The maximum absolute atomic E-state index is 14.8. The Kier molecular flexibility index (Phi) is 15.1. The summed E-state index contributed by atoms with van der Waals surface area (Å²) in [4.78, 5) is 28.9. The first-order valence-corrected chi connectivity index (χ1v) is 19.6. The summed E-state index contributed by atoms with van der Waals surface area (Å²) in [6.45, 7) is 6.90. The van der Waals surface area contributed by atoms with Gasteiger partial charge in [-0.1, -0.05) is 48.0 Å². The molecule has 1 aliphatic carbocycles. The number of alkyl halides is 1. The van der Waals surface area contributed by atoms with Gasteiger partial charge < -0.3 is 19.4 Å². The van der Waals surface area contributed by atoms with Gasteiger partial charge in [0.1, 0.15) is 17.4 Å². The molecule has 0 aromatic heterocycles. The summed E-state index contributed by atoms with van der Waals surface area (Å²) in [5, 5.41) is 0.382. The number of anilines is 1. The first kappa shape index (κ1) is 41.0. The molecule has 1 atom stereocenters. The van der Waals surface area contributed by atoms with E-state index in [0.29, 0.717) is 44.2 Å². The minimum Gasteiger partial charge on any atom is -0.494 e. The van der Waals surface area contributed by atoms with Crippen LogP contribution in [0.5, 0.6) is 5.75 Å². The first-order valence-electron chi connectivity index (χ1n) is 18.7. The average Bonchev–Trinajstić information content (AvgIpc) is 3.14. The molecule has 3 aromatic rings. The van der Waals surface area contributed by atoms with Crippen molar-refractivity contribution in [2.75, 3.05) is 58.2 Å². The molecule has 1 saturated carbocycles. The van der Waals surface area contributed by atoms with Gasteiger partial charge in [0.25, 0.3) is 0 Å². The van der Waals surface area contributed by atoms with E-state index in [2.05, 4.69) is 57.8 Å². The second kappa shape index (κ2) is 19.9. The van der Waals surface area contributed by atoms with Gasteiger partial charge in [-0.2, -0.15) is 0 Å². The smallest absolute Gasteiger partial charge is 0.227 e. The summed E-state index contributed by atoms with van der Waals surface area (Å²) in [6.07, 6.45) is 7.58. The fourth-order valence-corrected chi connectivity index (χ4v) is 6.83. The molecule has 7 nitrogen and oxygen atoms in total. The second-order valence-electron chi connectivity index (χ2n) is 14.0. The number of amides is 1. The van der Waals surface area contributed by atoms with Gasteiger partial charge in [-0.25, -0.2) is 9.38 Å². The summed E-state index contributed by atoms with van der Waals surface area (Å²) in [5.41, 5.74) is 10.3. The average molecular weight is 773 g/mol. The molecule has 3 aromatic carbocycles. The molecule has 0 radical (unpaired) electrons.